The standard InChI is InChI=1S/C19H19F4N3S/c20-16-6-5-14(26-8-2-4-12(10-26)19(21,22)23)9-15(16)18-7-1-3-13(18)11-27-17(24)25-18/h2,4-6,9-10,13H,1,3,7-8,11H2,(H2,24,25)/t13-,18-/m0/s1. The van der Waals surface area contributed by atoms with Crippen LogP contribution in [-0.4, -0.2) is 23.6 Å². The molecule has 2 aliphatic heterocycles. The predicted octanol–water partition coefficient (Wildman–Crippen LogP) is 4.71. The Morgan fingerprint density at radius 3 is 2.89 bits per heavy atom. The molecule has 1 aliphatic carbocycles. The van der Waals surface area contributed by atoms with Gasteiger partial charge in [-0.05, 0) is 37.0 Å². The number of hydrogen-bond acceptors (Lipinski definition) is 4. The number of amidine groups is 1. The van der Waals surface area contributed by atoms with Crippen LogP contribution in [0.5, 0.6) is 0 Å². The molecule has 0 saturated heterocycles. The topological polar surface area (TPSA) is 41.6 Å². The predicted molar refractivity (Wildman–Crippen MR) is 100 cm³/mol. The Morgan fingerprint density at radius 1 is 1.30 bits per heavy atom. The highest BCUT2D eigenvalue weighted by molar-refractivity contribution is 8.13. The molecule has 0 spiro atoms. The first-order valence-electron chi connectivity index (χ1n) is 8.80. The lowest BCUT2D eigenvalue weighted by Crippen LogP contribution is -2.37. The number of halogens is 4. The third-order valence-corrected chi connectivity index (χ3v) is 6.45. The number of rotatable bonds is 2. The van der Waals surface area contributed by atoms with E-state index in [0.717, 1.165) is 30.9 Å². The average molecular weight is 397 g/mol. The second kappa shape index (κ2) is 6.58. The number of nitrogens with two attached hydrogens (primary N) is 1. The minimum Gasteiger partial charge on any atom is -0.379 e. The van der Waals surface area contributed by atoms with Crippen molar-refractivity contribution in [2.45, 2.75) is 31.0 Å². The van der Waals surface area contributed by atoms with E-state index in [0.29, 0.717) is 29.4 Å². The van der Waals surface area contributed by atoms with Crippen molar-refractivity contribution in [3.8, 4) is 0 Å². The molecule has 1 aromatic carbocycles. The minimum absolute atomic E-state index is 0.182. The fourth-order valence-electron chi connectivity index (χ4n) is 4.19. The van der Waals surface area contributed by atoms with Crippen LogP contribution in [-0.2, 0) is 5.54 Å². The number of nitrogens with zero attached hydrogens (tertiary/aromatic N) is 2. The zero-order valence-electron chi connectivity index (χ0n) is 14.5. The summed E-state index contributed by atoms with van der Waals surface area (Å²) < 4.78 is 53.9. The van der Waals surface area contributed by atoms with Gasteiger partial charge in [-0.2, -0.15) is 13.2 Å². The van der Waals surface area contributed by atoms with Gasteiger partial charge in [0.2, 0.25) is 0 Å². The monoisotopic (exact) mass is 397 g/mol. The second-order valence-electron chi connectivity index (χ2n) is 7.08. The van der Waals surface area contributed by atoms with Gasteiger partial charge in [-0.15, -0.1) is 0 Å². The molecule has 4 rings (SSSR count). The summed E-state index contributed by atoms with van der Waals surface area (Å²) in [6.07, 6.45) is 1.73. The molecule has 2 atom stereocenters. The van der Waals surface area contributed by atoms with Gasteiger partial charge in [0.1, 0.15) is 5.82 Å². The van der Waals surface area contributed by atoms with Gasteiger partial charge in [-0.1, -0.05) is 30.3 Å². The van der Waals surface area contributed by atoms with Crippen LogP contribution in [0, 0.1) is 11.7 Å². The molecule has 1 saturated carbocycles. The van der Waals surface area contributed by atoms with Crippen LogP contribution in [0.3, 0.4) is 0 Å². The molecule has 8 heteroatoms. The summed E-state index contributed by atoms with van der Waals surface area (Å²) in [4.78, 5) is 6.12. The summed E-state index contributed by atoms with van der Waals surface area (Å²) in [6.45, 7) is 0.294. The van der Waals surface area contributed by atoms with Crippen molar-refractivity contribution in [2.75, 3.05) is 17.2 Å². The molecule has 27 heavy (non-hydrogen) atoms. The van der Waals surface area contributed by atoms with E-state index in [9.17, 15) is 17.6 Å². The number of benzene rings is 1. The van der Waals surface area contributed by atoms with Crippen LogP contribution in [0.15, 0.2) is 47.1 Å². The van der Waals surface area contributed by atoms with E-state index in [4.69, 9.17) is 5.73 Å². The number of hydrogen-bond donors (Lipinski definition) is 1. The fraction of sp³-hybridized carbons (Fsp3) is 0.421. The highest BCUT2D eigenvalue weighted by atomic mass is 32.2. The van der Waals surface area contributed by atoms with Crippen molar-refractivity contribution >= 4 is 22.6 Å². The van der Waals surface area contributed by atoms with E-state index in [1.165, 1.54) is 34.9 Å². The van der Waals surface area contributed by atoms with Gasteiger partial charge in [0.05, 0.1) is 11.1 Å². The maximum absolute atomic E-state index is 14.8. The van der Waals surface area contributed by atoms with Gasteiger partial charge in [-0.3, -0.25) is 4.99 Å². The van der Waals surface area contributed by atoms with Crippen LogP contribution in [0.2, 0.25) is 0 Å². The molecule has 144 valence electrons. The van der Waals surface area contributed by atoms with Gasteiger partial charge in [0.25, 0.3) is 0 Å². The lowest BCUT2D eigenvalue weighted by Gasteiger charge is -2.36. The molecule has 1 fully saturated rings. The summed E-state index contributed by atoms with van der Waals surface area (Å²) in [5.41, 5.74) is 5.46. The van der Waals surface area contributed by atoms with Crippen molar-refractivity contribution in [2.24, 2.45) is 16.6 Å². The van der Waals surface area contributed by atoms with Crippen LogP contribution < -0.4 is 10.6 Å². The summed E-state index contributed by atoms with van der Waals surface area (Å²) in [6, 6.07) is 4.47. The molecular weight excluding hydrogens is 378 g/mol. The van der Waals surface area contributed by atoms with Gasteiger partial charge >= 0.3 is 6.18 Å². The Balaban J connectivity index is 1.76. The molecule has 0 aromatic heterocycles. The molecule has 3 aliphatic rings. The Morgan fingerprint density at radius 2 is 2.11 bits per heavy atom. The molecule has 0 unspecified atom stereocenters. The summed E-state index contributed by atoms with van der Waals surface area (Å²) in [5, 5.41) is 0.443. The first kappa shape index (κ1) is 18.4. The van der Waals surface area contributed by atoms with Crippen molar-refractivity contribution in [1.29, 1.82) is 0 Å². The van der Waals surface area contributed by atoms with E-state index in [2.05, 4.69) is 4.99 Å². The molecule has 0 amide bonds. The Bertz CT molecular complexity index is 846. The normalized spacial score (nSPS) is 28.0. The number of fused-ring (bicyclic) bond motifs is 1. The summed E-state index contributed by atoms with van der Waals surface area (Å²) in [5.74, 6) is 0.576. The van der Waals surface area contributed by atoms with E-state index < -0.39 is 17.3 Å². The van der Waals surface area contributed by atoms with E-state index in [-0.39, 0.29) is 11.7 Å². The number of anilines is 1. The first-order valence-corrected chi connectivity index (χ1v) is 9.78. The summed E-state index contributed by atoms with van der Waals surface area (Å²) in [7, 11) is 0. The van der Waals surface area contributed by atoms with Gasteiger partial charge in [-0.25, -0.2) is 4.39 Å². The average Bonchev–Trinajstić information content (AvgIpc) is 3.05. The van der Waals surface area contributed by atoms with Crippen LogP contribution in [0.1, 0.15) is 24.8 Å². The largest absolute Gasteiger partial charge is 0.417 e. The SMILES string of the molecule is NC1=N[C@@]2(c3cc(N4C=C(C(F)(F)F)C=CC4)ccc3F)CCC[C@H]2CS1. The van der Waals surface area contributed by atoms with Crippen molar-refractivity contribution in [1.82, 2.24) is 0 Å². The van der Waals surface area contributed by atoms with E-state index >= 15 is 0 Å². The second-order valence-corrected chi connectivity index (χ2v) is 8.12. The van der Waals surface area contributed by atoms with Crippen LogP contribution >= 0.6 is 11.8 Å². The zero-order valence-corrected chi connectivity index (χ0v) is 15.3. The van der Waals surface area contributed by atoms with Crippen molar-refractivity contribution in [3.63, 3.8) is 0 Å². The molecule has 2 heterocycles. The van der Waals surface area contributed by atoms with Crippen LogP contribution in [0.4, 0.5) is 23.2 Å². The Kier molecular flexibility index (Phi) is 4.49. The highest BCUT2D eigenvalue weighted by Crippen LogP contribution is 2.52. The number of aliphatic imine (C=N–C) groups is 1. The number of allylic oxidation sites excluding steroid dienone is 2. The third kappa shape index (κ3) is 3.24. The van der Waals surface area contributed by atoms with E-state index in [1.54, 1.807) is 6.07 Å². The molecule has 1 aromatic rings. The quantitative estimate of drug-likeness (QED) is 0.736. The lowest BCUT2D eigenvalue weighted by molar-refractivity contribution is -0.0885. The van der Waals surface area contributed by atoms with Gasteiger partial charge in [0.15, 0.2) is 5.17 Å². The first-order chi connectivity index (χ1) is 12.8. The van der Waals surface area contributed by atoms with E-state index in [1.807, 2.05) is 0 Å². The van der Waals surface area contributed by atoms with Crippen molar-refractivity contribution < 1.29 is 17.6 Å². The smallest absolute Gasteiger partial charge is 0.379 e. The summed E-state index contributed by atoms with van der Waals surface area (Å²) >= 11 is 1.48. The minimum atomic E-state index is -4.42. The number of thioether (sulfide) groups is 1. The maximum Gasteiger partial charge on any atom is 0.417 e. The zero-order chi connectivity index (χ0) is 19.2. The number of alkyl halides is 3. The molecule has 3 nitrogen and oxygen atoms in total. The lowest BCUT2D eigenvalue weighted by atomic mass is 9.81. The fourth-order valence-corrected chi connectivity index (χ4v) is 5.23. The molecular formula is C19H19F4N3S. The van der Waals surface area contributed by atoms with Gasteiger partial charge < -0.3 is 10.6 Å². The Labute approximate surface area is 159 Å². The molecule has 0 radical (unpaired) electrons. The highest BCUT2D eigenvalue weighted by Gasteiger charge is 2.48. The van der Waals surface area contributed by atoms with Crippen LogP contribution in [0.25, 0.3) is 0 Å². The van der Waals surface area contributed by atoms with Gasteiger partial charge in [0, 0.05) is 29.7 Å². The maximum atomic E-state index is 14.8. The van der Waals surface area contributed by atoms with Crippen molar-refractivity contribution in [3.05, 3.63) is 53.5 Å². The Hall–Kier alpha value is -1.96. The third-order valence-electron chi connectivity index (χ3n) is 5.50. The molecule has 2 N–H and O–H groups in total. The molecule has 0 bridgehead atoms.